The molecule has 6 nitrogen and oxygen atoms in total. The number of nitrogens with zero attached hydrogens (tertiary/aromatic N) is 3. The maximum absolute atomic E-state index is 11.5. The van der Waals surface area contributed by atoms with Gasteiger partial charge in [-0.3, -0.25) is 9.55 Å². The van der Waals surface area contributed by atoms with Crippen molar-refractivity contribution in [1.82, 2.24) is 19.7 Å². The molecule has 0 aliphatic carbocycles. The molecule has 0 aliphatic heterocycles. The van der Waals surface area contributed by atoms with Gasteiger partial charge in [0.2, 0.25) is 0 Å². The predicted octanol–water partition coefficient (Wildman–Crippen LogP) is 1.58. The van der Waals surface area contributed by atoms with Crippen LogP contribution in [0.25, 0.3) is 0 Å². The van der Waals surface area contributed by atoms with Crippen LogP contribution in [0, 0.1) is 0 Å². The monoisotopic (exact) mass is 280 g/mol. The predicted molar refractivity (Wildman–Crippen MR) is 72.1 cm³/mol. The summed E-state index contributed by atoms with van der Waals surface area (Å²) in [5.41, 5.74) is 0.426. The highest BCUT2D eigenvalue weighted by Crippen LogP contribution is 2.25. The third-order valence-corrected chi connectivity index (χ3v) is 3.54. The molecule has 0 bridgehead atoms. The minimum atomic E-state index is -0.581. The van der Waals surface area contributed by atoms with Gasteiger partial charge in [-0.2, -0.15) is 0 Å². The van der Waals surface area contributed by atoms with Gasteiger partial charge in [0.25, 0.3) is 0 Å². The van der Waals surface area contributed by atoms with Crippen LogP contribution in [0.4, 0.5) is 0 Å². The first kappa shape index (κ1) is 13.8. The summed E-state index contributed by atoms with van der Waals surface area (Å²) in [6.45, 7) is 4.31. The molecule has 0 saturated carbocycles. The molecule has 0 fully saturated rings. The van der Waals surface area contributed by atoms with Crippen LogP contribution in [0.2, 0.25) is 0 Å². The van der Waals surface area contributed by atoms with Gasteiger partial charge in [-0.15, -0.1) is 5.10 Å². The second-order valence-corrected chi connectivity index (χ2v) is 5.20. The van der Waals surface area contributed by atoms with E-state index in [2.05, 4.69) is 15.2 Å². The Hall–Kier alpha value is -1.60. The van der Waals surface area contributed by atoms with Gasteiger partial charge in [-0.05, 0) is 37.2 Å². The van der Waals surface area contributed by atoms with Gasteiger partial charge >= 0.3 is 5.69 Å². The van der Waals surface area contributed by atoms with E-state index in [0.717, 1.165) is 11.3 Å². The van der Waals surface area contributed by atoms with Crippen LogP contribution in [0.3, 0.4) is 0 Å². The minimum Gasteiger partial charge on any atom is -0.387 e. The molecule has 2 rings (SSSR count). The van der Waals surface area contributed by atoms with Gasteiger partial charge in [-0.1, -0.05) is 6.92 Å². The molecule has 0 aliphatic rings. The first-order valence-corrected chi connectivity index (χ1v) is 6.90. The fourth-order valence-electron chi connectivity index (χ4n) is 1.61. The van der Waals surface area contributed by atoms with Crippen molar-refractivity contribution < 1.29 is 5.11 Å². The molecule has 1 atom stereocenters. The van der Waals surface area contributed by atoms with E-state index in [1.165, 1.54) is 11.8 Å². The van der Waals surface area contributed by atoms with Crippen molar-refractivity contribution in [3.63, 3.8) is 0 Å². The molecule has 2 aromatic heterocycles. The van der Waals surface area contributed by atoms with E-state index in [1.807, 2.05) is 13.0 Å². The number of H-pyrrole nitrogens is 1. The minimum absolute atomic E-state index is 0.196. The lowest BCUT2D eigenvalue weighted by molar-refractivity contribution is 0.194. The van der Waals surface area contributed by atoms with E-state index in [0.29, 0.717) is 17.4 Å². The normalized spacial score (nSPS) is 12.6. The van der Waals surface area contributed by atoms with Crippen LogP contribution in [-0.4, -0.2) is 24.9 Å². The van der Waals surface area contributed by atoms with E-state index in [-0.39, 0.29) is 5.69 Å². The zero-order valence-corrected chi connectivity index (χ0v) is 11.6. The number of nitrogens with one attached hydrogen (secondary N) is 1. The standard InChI is InChI=1S/C12H16N4O2S/c1-3-6-16-11(18)14-15-12(16)19-9-4-5-10(8(2)17)13-7-9/h4-5,7-8,17H,3,6H2,1-2H3,(H,14,18). The third kappa shape index (κ3) is 3.24. The Balaban J connectivity index is 2.19. The van der Waals surface area contributed by atoms with Crippen molar-refractivity contribution in [1.29, 1.82) is 0 Å². The molecule has 2 N–H and O–H groups in total. The summed E-state index contributed by atoms with van der Waals surface area (Å²) in [7, 11) is 0. The summed E-state index contributed by atoms with van der Waals surface area (Å²) in [4.78, 5) is 16.6. The average Bonchev–Trinajstić information content (AvgIpc) is 2.73. The number of pyridine rings is 1. The molecule has 0 aromatic carbocycles. The largest absolute Gasteiger partial charge is 0.387 e. The van der Waals surface area contributed by atoms with Gasteiger partial charge in [0.05, 0.1) is 11.8 Å². The van der Waals surface area contributed by atoms with Gasteiger partial charge in [0, 0.05) is 17.6 Å². The molecule has 1 unspecified atom stereocenters. The average molecular weight is 280 g/mol. The van der Waals surface area contributed by atoms with Crippen LogP contribution in [0.15, 0.2) is 33.2 Å². The summed E-state index contributed by atoms with van der Waals surface area (Å²) in [5.74, 6) is 0. The smallest absolute Gasteiger partial charge is 0.343 e. The number of aliphatic hydroxyl groups excluding tert-OH is 1. The summed E-state index contributed by atoms with van der Waals surface area (Å²) >= 11 is 1.37. The van der Waals surface area contributed by atoms with E-state index in [4.69, 9.17) is 0 Å². The Bertz CT molecular complexity index is 589. The lowest BCUT2D eigenvalue weighted by atomic mass is 10.2. The molecule has 0 amide bonds. The Labute approximate surface area is 114 Å². The number of hydrogen-bond acceptors (Lipinski definition) is 5. The zero-order valence-electron chi connectivity index (χ0n) is 10.8. The number of hydrogen-bond donors (Lipinski definition) is 2. The zero-order chi connectivity index (χ0) is 13.8. The SMILES string of the molecule is CCCn1c(Sc2ccc(C(C)O)nc2)n[nH]c1=O. The van der Waals surface area contributed by atoms with Gasteiger partial charge < -0.3 is 5.11 Å². The second-order valence-electron chi connectivity index (χ2n) is 4.16. The quantitative estimate of drug-likeness (QED) is 0.868. The van der Waals surface area contributed by atoms with Gasteiger partial charge in [-0.25, -0.2) is 9.89 Å². The second kappa shape index (κ2) is 6.03. The van der Waals surface area contributed by atoms with E-state index < -0.39 is 6.10 Å². The maximum Gasteiger partial charge on any atom is 0.343 e. The fraction of sp³-hybridized carbons (Fsp3) is 0.417. The first-order chi connectivity index (χ1) is 9.11. The third-order valence-electron chi connectivity index (χ3n) is 2.57. The first-order valence-electron chi connectivity index (χ1n) is 6.09. The Morgan fingerprint density at radius 1 is 1.53 bits per heavy atom. The van der Waals surface area contributed by atoms with E-state index in [1.54, 1.807) is 23.8 Å². The van der Waals surface area contributed by atoms with Crippen molar-refractivity contribution in [2.45, 2.75) is 43.0 Å². The molecule has 19 heavy (non-hydrogen) atoms. The number of rotatable bonds is 5. The number of aromatic amines is 1. The molecular weight excluding hydrogens is 264 g/mol. The van der Waals surface area contributed by atoms with Crippen molar-refractivity contribution in [2.24, 2.45) is 0 Å². The molecule has 0 saturated heterocycles. The molecule has 2 heterocycles. The summed E-state index contributed by atoms with van der Waals surface area (Å²) in [6, 6.07) is 3.62. The van der Waals surface area contributed by atoms with Crippen LogP contribution < -0.4 is 5.69 Å². The molecule has 102 valence electrons. The number of aromatic nitrogens is 4. The Morgan fingerprint density at radius 2 is 2.32 bits per heavy atom. The van der Waals surface area contributed by atoms with Crippen LogP contribution in [0.1, 0.15) is 32.1 Å². The molecule has 2 aromatic rings. The Kier molecular flexibility index (Phi) is 4.39. The Morgan fingerprint density at radius 3 is 2.89 bits per heavy atom. The van der Waals surface area contributed by atoms with Crippen LogP contribution in [-0.2, 0) is 6.54 Å². The van der Waals surface area contributed by atoms with Crippen molar-refractivity contribution in [2.75, 3.05) is 0 Å². The summed E-state index contributed by atoms with van der Waals surface area (Å²) < 4.78 is 1.60. The van der Waals surface area contributed by atoms with Crippen molar-refractivity contribution >= 4 is 11.8 Å². The highest BCUT2D eigenvalue weighted by Gasteiger charge is 2.10. The van der Waals surface area contributed by atoms with E-state index >= 15 is 0 Å². The lowest BCUT2D eigenvalue weighted by Crippen LogP contribution is -2.17. The van der Waals surface area contributed by atoms with Crippen molar-refractivity contribution in [3.05, 3.63) is 34.5 Å². The molecule has 0 spiro atoms. The van der Waals surface area contributed by atoms with Crippen LogP contribution in [0.5, 0.6) is 0 Å². The molecular formula is C12H16N4O2S. The number of aliphatic hydroxyl groups is 1. The molecule has 0 radical (unpaired) electrons. The maximum atomic E-state index is 11.5. The van der Waals surface area contributed by atoms with Gasteiger partial charge in [0.15, 0.2) is 5.16 Å². The highest BCUT2D eigenvalue weighted by atomic mass is 32.2. The summed E-state index contributed by atoms with van der Waals surface area (Å²) in [6.07, 6.45) is 1.96. The van der Waals surface area contributed by atoms with Crippen LogP contribution >= 0.6 is 11.8 Å². The fourth-order valence-corrected chi connectivity index (χ4v) is 2.43. The highest BCUT2D eigenvalue weighted by molar-refractivity contribution is 7.99. The van der Waals surface area contributed by atoms with Crippen molar-refractivity contribution in [3.8, 4) is 0 Å². The topological polar surface area (TPSA) is 83.8 Å². The molecule has 7 heteroatoms. The summed E-state index contributed by atoms with van der Waals surface area (Å²) in [5, 5.41) is 16.5. The van der Waals surface area contributed by atoms with E-state index in [9.17, 15) is 9.90 Å². The lowest BCUT2D eigenvalue weighted by Gasteiger charge is -2.05. The van der Waals surface area contributed by atoms with Gasteiger partial charge in [0.1, 0.15) is 0 Å².